The minimum absolute atomic E-state index is 0.986. The zero-order valence-corrected chi connectivity index (χ0v) is 4.72. The predicted octanol–water partition coefficient (Wildman–Crippen LogP) is 2.21. The monoisotopic (exact) mass is 104 g/mol. The third kappa shape index (κ3) is 0.988. The van der Waals surface area contributed by atoms with Crippen molar-refractivity contribution in [3.63, 3.8) is 0 Å². The maximum absolute atomic E-state index is 3.63. The van der Waals surface area contributed by atoms with Crippen molar-refractivity contribution < 1.29 is 0 Å². The molecule has 0 saturated carbocycles. The van der Waals surface area contributed by atoms with Gasteiger partial charge in [-0.1, -0.05) is 24.8 Å². The van der Waals surface area contributed by atoms with Crippen LogP contribution in [0.5, 0.6) is 0 Å². The van der Waals surface area contributed by atoms with Gasteiger partial charge in [-0.2, -0.15) is 0 Å². The summed E-state index contributed by atoms with van der Waals surface area (Å²) in [5.74, 6) is 0. The van der Waals surface area contributed by atoms with Crippen LogP contribution in [0.15, 0.2) is 42.2 Å². The summed E-state index contributed by atoms with van der Waals surface area (Å²) in [5, 5.41) is 0. The molecule has 0 amide bonds. The summed E-state index contributed by atoms with van der Waals surface area (Å²) in [5.41, 5.74) is 4.23. The molecule has 1 aliphatic rings. The minimum atomic E-state index is 0.986. The average Bonchev–Trinajstić information content (AvgIpc) is 1.90. The Bertz CT molecular complexity index is 176. The zero-order valence-electron chi connectivity index (χ0n) is 4.72. The molecule has 0 atom stereocenters. The van der Waals surface area contributed by atoms with E-state index in [0.717, 1.165) is 6.42 Å². The van der Waals surface area contributed by atoms with Crippen LogP contribution in [0, 0.1) is 0 Å². The van der Waals surface area contributed by atoms with Crippen LogP contribution in [0.3, 0.4) is 0 Å². The summed E-state index contributed by atoms with van der Waals surface area (Å²) in [4.78, 5) is 0. The van der Waals surface area contributed by atoms with Crippen LogP contribution < -0.4 is 0 Å². The summed E-state index contributed by atoms with van der Waals surface area (Å²) < 4.78 is 0. The van der Waals surface area contributed by atoms with E-state index in [1.165, 1.54) is 5.57 Å². The second kappa shape index (κ2) is 2.34. The van der Waals surface area contributed by atoms with E-state index in [9.17, 15) is 0 Å². The van der Waals surface area contributed by atoms with E-state index in [1.807, 2.05) is 18.2 Å². The van der Waals surface area contributed by atoms with Crippen LogP contribution in [0.25, 0.3) is 0 Å². The van der Waals surface area contributed by atoms with Crippen molar-refractivity contribution in [1.29, 1.82) is 0 Å². The summed E-state index contributed by atoms with van der Waals surface area (Å²) >= 11 is 0. The molecule has 0 aromatic rings. The topological polar surface area (TPSA) is 0 Å². The third-order valence-corrected chi connectivity index (χ3v) is 1.09. The molecule has 0 aromatic carbocycles. The first kappa shape index (κ1) is 5.14. The highest BCUT2D eigenvalue weighted by atomic mass is 13.9. The van der Waals surface area contributed by atoms with Gasteiger partial charge in [0.25, 0.3) is 0 Å². The molecule has 0 nitrogen and oxygen atoms in total. The van der Waals surface area contributed by atoms with Gasteiger partial charge in [-0.05, 0) is 18.1 Å². The summed E-state index contributed by atoms with van der Waals surface area (Å²) in [6.45, 7) is 3.63. The van der Waals surface area contributed by atoms with Crippen LogP contribution in [0.1, 0.15) is 6.42 Å². The molecule has 40 valence electrons. The SMILES string of the molecule is C=CC1=C=CC=CC1. The molecule has 1 rings (SSSR count). The molecular formula is C8H8. The van der Waals surface area contributed by atoms with Crippen molar-refractivity contribution in [3.8, 4) is 0 Å². The Kier molecular flexibility index (Phi) is 1.51. The Morgan fingerprint density at radius 3 is 3.00 bits per heavy atom. The van der Waals surface area contributed by atoms with Gasteiger partial charge in [-0.15, -0.1) is 5.73 Å². The second-order valence-corrected chi connectivity index (χ2v) is 1.67. The summed E-state index contributed by atoms with van der Waals surface area (Å²) in [6.07, 6.45) is 8.81. The molecule has 0 unspecified atom stereocenters. The lowest BCUT2D eigenvalue weighted by Crippen LogP contribution is -1.73. The van der Waals surface area contributed by atoms with Crippen molar-refractivity contribution in [2.75, 3.05) is 0 Å². The molecule has 0 N–H and O–H groups in total. The zero-order chi connectivity index (χ0) is 5.82. The van der Waals surface area contributed by atoms with Gasteiger partial charge in [0.1, 0.15) is 0 Å². The molecule has 0 radical (unpaired) electrons. The van der Waals surface area contributed by atoms with E-state index in [0.29, 0.717) is 0 Å². The fourth-order valence-electron chi connectivity index (χ4n) is 0.619. The summed E-state index contributed by atoms with van der Waals surface area (Å²) in [6, 6.07) is 0. The van der Waals surface area contributed by atoms with Crippen molar-refractivity contribution in [2.24, 2.45) is 0 Å². The van der Waals surface area contributed by atoms with Gasteiger partial charge in [-0.25, -0.2) is 0 Å². The Morgan fingerprint density at radius 2 is 2.62 bits per heavy atom. The van der Waals surface area contributed by atoms with Crippen molar-refractivity contribution in [1.82, 2.24) is 0 Å². The van der Waals surface area contributed by atoms with Crippen LogP contribution >= 0.6 is 0 Å². The van der Waals surface area contributed by atoms with Gasteiger partial charge < -0.3 is 0 Å². The maximum atomic E-state index is 3.63. The average molecular weight is 104 g/mol. The van der Waals surface area contributed by atoms with Crippen LogP contribution in [0.4, 0.5) is 0 Å². The number of allylic oxidation sites excluding steroid dienone is 4. The van der Waals surface area contributed by atoms with Gasteiger partial charge in [-0.3, -0.25) is 0 Å². The lowest BCUT2D eigenvalue weighted by atomic mass is 10.1. The molecular weight excluding hydrogens is 96.1 g/mol. The fourth-order valence-corrected chi connectivity index (χ4v) is 0.619. The molecule has 1 aliphatic carbocycles. The highest BCUT2D eigenvalue weighted by Crippen LogP contribution is 2.04. The third-order valence-electron chi connectivity index (χ3n) is 1.09. The van der Waals surface area contributed by atoms with E-state index in [4.69, 9.17) is 0 Å². The molecule has 0 bridgehead atoms. The fraction of sp³-hybridized carbons (Fsp3) is 0.125. The lowest BCUT2D eigenvalue weighted by molar-refractivity contribution is 1.28. The van der Waals surface area contributed by atoms with Gasteiger partial charge >= 0.3 is 0 Å². The molecule has 0 aliphatic heterocycles. The van der Waals surface area contributed by atoms with E-state index < -0.39 is 0 Å². The highest BCUT2D eigenvalue weighted by molar-refractivity contribution is 5.25. The Balaban J connectivity index is 2.84. The van der Waals surface area contributed by atoms with E-state index >= 15 is 0 Å². The van der Waals surface area contributed by atoms with Crippen LogP contribution in [0.2, 0.25) is 0 Å². The molecule has 0 aromatic heterocycles. The first-order chi connectivity index (χ1) is 3.93. The predicted molar refractivity (Wildman–Crippen MR) is 35.5 cm³/mol. The van der Waals surface area contributed by atoms with Crippen molar-refractivity contribution in [3.05, 3.63) is 42.2 Å². The number of hydrogen-bond donors (Lipinski definition) is 0. The first-order valence-corrected chi connectivity index (χ1v) is 2.66. The van der Waals surface area contributed by atoms with Gasteiger partial charge in [0, 0.05) is 0 Å². The minimum Gasteiger partial charge on any atom is -0.117 e. The molecule has 0 spiro atoms. The first-order valence-electron chi connectivity index (χ1n) is 2.66. The summed E-state index contributed by atoms with van der Waals surface area (Å²) in [7, 11) is 0. The maximum Gasteiger partial charge on any atom is -0.00206 e. The second-order valence-electron chi connectivity index (χ2n) is 1.67. The van der Waals surface area contributed by atoms with Crippen molar-refractivity contribution in [2.45, 2.75) is 6.42 Å². The molecule has 0 heteroatoms. The smallest absolute Gasteiger partial charge is 0.00206 e. The highest BCUT2D eigenvalue weighted by Gasteiger charge is 1.85. The Hall–Kier alpha value is -1.00. The normalized spacial score (nSPS) is 15.8. The molecule has 0 heterocycles. The standard InChI is InChI=1S/C8H8/c1-2-8-6-4-3-5-7-8/h2-5H,1,6H2. The van der Waals surface area contributed by atoms with Gasteiger partial charge in [0.05, 0.1) is 0 Å². The molecule has 0 fully saturated rings. The van der Waals surface area contributed by atoms with E-state index in [-0.39, 0.29) is 0 Å². The lowest BCUT2D eigenvalue weighted by Gasteiger charge is -1.92. The Labute approximate surface area is 49.5 Å². The van der Waals surface area contributed by atoms with Crippen molar-refractivity contribution >= 4 is 0 Å². The van der Waals surface area contributed by atoms with Crippen LogP contribution in [-0.4, -0.2) is 0 Å². The van der Waals surface area contributed by atoms with Gasteiger partial charge in [0.15, 0.2) is 0 Å². The molecule has 8 heavy (non-hydrogen) atoms. The number of hydrogen-bond acceptors (Lipinski definition) is 0. The van der Waals surface area contributed by atoms with E-state index in [2.05, 4.69) is 18.4 Å². The number of rotatable bonds is 1. The van der Waals surface area contributed by atoms with E-state index in [1.54, 1.807) is 0 Å². The van der Waals surface area contributed by atoms with Crippen LogP contribution in [-0.2, 0) is 0 Å². The largest absolute Gasteiger partial charge is 0.117 e. The Morgan fingerprint density at radius 1 is 1.75 bits per heavy atom. The van der Waals surface area contributed by atoms with Gasteiger partial charge in [0.2, 0.25) is 0 Å². The quantitative estimate of drug-likeness (QED) is 0.447. The molecule has 0 saturated heterocycles.